The van der Waals surface area contributed by atoms with E-state index in [1.165, 1.54) is 83.6 Å². The van der Waals surface area contributed by atoms with Gasteiger partial charge in [-0.3, -0.25) is 0 Å². The topological polar surface area (TPSA) is 3.24 Å². The zero-order chi connectivity index (χ0) is 41.5. The van der Waals surface area contributed by atoms with Gasteiger partial charge in [0.05, 0.1) is 16.5 Å². The first-order chi connectivity index (χ1) is 31.3. The van der Waals surface area contributed by atoms with Crippen molar-refractivity contribution in [2.24, 2.45) is 5.92 Å². The second-order valence-corrected chi connectivity index (χ2v) is 17.5. The van der Waals surface area contributed by atoms with Crippen LogP contribution >= 0.6 is 0 Å². The Labute approximate surface area is 369 Å². The van der Waals surface area contributed by atoms with Crippen LogP contribution in [0.5, 0.6) is 0 Å². The molecule has 0 saturated carbocycles. The highest BCUT2D eigenvalue weighted by Gasteiger charge is 2.61. The molecule has 296 valence electrons. The van der Waals surface area contributed by atoms with Crippen LogP contribution in [0, 0.1) is 5.92 Å². The molecule has 4 aliphatic carbocycles. The molecule has 2 unspecified atom stereocenters. The average molecular weight is 802 g/mol. The Hall–Kier alpha value is -7.74. The zero-order valence-electron chi connectivity index (χ0n) is 34.8. The minimum absolute atomic E-state index is 0.246. The van der Waals surface area contributed by atoms with Crippen molar-refractivity contribution in [3.05, 3.63) is 293 Å². The fraction of sp³-hybridized carbons (Fsp3) is 0.0645. The first kappa shape index (κ1) is 36.0. The van der Waals surface area contributed by atoms with Crippen LogP contribution in [-0.4, -0.2) is 0 Å². The maximum atomic E-state index is 2.49. The molecule has 0 radical (unpaired) electrons. The Morgan fingerprint density at radius 1 is 0.333 bits per heavy atom. The van der Waals surface area contributed by atoms with Crippen LogP contribution in [0.1, 0.15) is 50.4 Å². The molecule has 13 rings (SSSR count). The lowest BCUT2D eigenvalue weighted by Gasteiger charge is -2.50. The van der Waals surface area contributed by atoms with Crippen molar-refractivity contribution in [1.29, 1.82) is 0 Å². The van der Waals surface area contributed by atoms with E-state index >= 15 is 0 Å². The SMILES string of the molecule is C1=CC2c3ccccc3C3(c4ccccc4C4(c5ccccc5-c5c(N(c6ccc(-c7ccccc7)cc6)c6ccc(-c7ccccc7)cc6)cccc54)c4ccccc43)C2C=C1. The van der Waals surface area contributed by atoms with E-state index in [-0.39, 0.29) is 11.3 Å². The molecule has 0 saturated heterocycles. The largest absolute Gasteiger partial charge is 0.310 e. The lowest BCUT2D eigenvalue weighted by atomic mass is 9.51. The Balaban J connectivity index is 1.08. The molecule has 0 amide bonds. The van der Waals surface area contributed by atoms with Crippen molar-refractivity contribution in [3.63, 3.8) is 0 Å². The van der Waals surface area contributed by atoms with Crippen LogP contribution in [0.2, 0.25) is 0 Å². The van der Waals surface area contributed by atoms with Crippen molar-refractivity contribution >= 4 is 17.1 Å². The third kappa shape index (κ3) is 4.94. The minimum atomic E-state index is -0.554. The van der Waals surface area contributed by atoms with Crippen molar-refractivity contribution in [2.45, 2.75) is 16.7 Å². The molecule has 0 N–H and O–H groups in total. The summed E-state index contributed by atoms with van der Waals surface area (Å²) in [5.74, 6) is 0.543. The molecule has 9 aromatic carbocycles. The molecule has 0 aromatic heterocycles. The van der Waals surface area contributed by atoms with Gasteiger partial charge < -0.3 is 4.90 Å². The van der Waals surface area contributed by atoms with Crippen LogP contribution in [0.15, 0.2) is 249 Å². The Morgan fingerprint density at radius 3 is 1.40 bits per heavy atom. The summed E-state index contributed by atoms with van der Waals surface area (Å²) in [7, 11) is 0. The van der Waals surface area contributed by atoms with Crippen LogP contribution in [-0.2, 0) is 10.8 Å². The van der Waals surface area contributed by atoms with Gasteiger partial charge in [-0.05, 0) is 103 Å². The van der Waals surface area contributed by atoms with E-state index < -0.39 is 5.41 Å². The maximum Gasteiger partial charge on any atom is 0.0720 e. The van der Waals surface area contributed by atoms with Gasteiger partial charge >= 0.3 is 0 Å². The number of allylic oxidation sites excluding steroid dienone is 4. The lowest BCUT2D eigenvalue weighted by Crippen LogP contribution is -2.46. The fourth-order valence-electron chi connectivity index (χ4n) is 12.3. The first-order valence-electron chi connectivity index (χ1n) is 22.3. The van der Waals surface area contributed by atoms with Gasteiger partial charge in [0, 0.05) is 28.8 Å². The van der Waals surface area contributed by atoms with Crippen molar-refractivity contribution in [2.75, 3.05) is 4.90 Å². The number of hydrogen-bond donors (Lipinski definition) is 0. The monoisotopic (exact) mass is 801 g/mol. The molecular weight excluding hydrogens is 759 g/mol. The zero-order valence-corrected chi connectivity index (χ0v) is 34.8. The predicted octanol–water partition coefficient (Wildman–Crippen LogP) is 15.3. The summed E-state index contributed by atoms with van der Waals surface area (Å²) in [5.41, 5.74) is 20.9. The van der Waals surface area contributed by atoms with Gasteiger partial charge in [0.1, 0.15) is 0 Å². The molecule has 0 fully saturated rings. The number of hydrogen-bond acceptors (Lipinski definition) is 1. The third-order valence-electron chi connectivity index (χ3n) is 14.6. The summed E-state index contributed by atoms with van der Waals surface area (Å²) < 4.78 is 0. The molecule has 63 heavy (non-hydrogen) atoms. The molecule has 2 spiro atoms. The second kappa shape index (κ2) is 13.9. The number of benzene rings is 9. The van der Waals surface area contributed by atoms with E-state index in [2.05, 4.69) is 254 Å². The van der Waals surface area contributed by atoms with E-state index in [1.807, 2.05) is 0 Å². The van der Waals surface area contributed by atoms with E-state index in [4.69, 9.17) is 0 Å². The minimum Gasteiger partial charge on any atom is -0.310 e. The number of fused-ring (bicyclic) bond motifs is 16. The summed E-state index contributed by atoms with van der Waals surface area (Å²) >= 11 is 0. The normalized spacial score (nSPS) is 20.4. The molecule has 0 bridgehead atoms. The van der Waals surface area contributed by atoms with Crippen molar-refractivity contribution in [1.82, 2.24) is 0 Å². The summed E-state index contributed by atoms with van der Waals surface area (Å²) in [5, 5.41) is 0. The van der Waals surface area contributed by atoms with Crippen LogP contribution in [0.4, 0.5) is 17.1 Å². The highest BCUT2D eigenvalue weighted by atomic mass is 15.1. The average Bonchev–Trinajstić information content (AvgIpc) is 3.83. The van der Waals surface area contributed by atoms with Gasteiger partial charge in [0.2, 0.25) is 0 Å². The molecule has 1 heteroatoms. The number of nitrogens with zero attached hydrogens (tertiary/aromatic N) is 1. The quantitative estimate of drug-likeness (QED) is 0.168. The first-order valence-corrected chi connectivity index (χ1v) is 22.3. The summed E-state index contributed by atoms with van der Waals surface area (Å²) in [6.45, 7) is 0. The van der Waals surface area contributed by atoms with Gasteiger partial charge in [-0.15, -0.1) is 0 Å². The summed E-state index contributed by atoms with van der Waals surface area (Å²) in [4.78, 5) is 2.48. The fourth-order valence-corrected chi connectivity index (χ4v) is 12.3. The van der Waals surface area contributed by atoms with E-state index in [1.54, 1.807) is 0 Å². The predicted molar refractivity (Wildman–Crippen MR) is 260 cm³/mol. The van der Waals surface area contributed by atoms with E-state index in [0.717, 1.165) is 11.4 Å². The molecule has 4 aliphatic rings. The molecule has 9 aromatic rings. The number of anilines is 3. The van der Waals surface area contributed by atoms with Crippen molar-refractivity contribution in [3.8, 4) is 33.4 Å². The molecule has 2 atom stereocenters. The standard InChI is InChI=1S/C62H43N/c1-3-18-42(19-4-1)44-34-38-46(39-35-44)63(47-40-36-45(37-41-47)43-20-5-2-6-21-43)59-33-17-32-58-60(59)50-24-9-12-27-53(50)62(58)56-30-15-13-28-54(56)61(55-29-14-16-31-57(55)62)51-25-10-7-22-48(51)49-23-8-11-26-52(49)61/h1-41,48,51H. The third-order valence-corrected chi connectivity index (χ3v) is 14.6. The molecular formula is C62H43N. The van der Waals surface area contributed by atoms with Gasteiger partial charge in [0.15, 0.2) is 0 Å². The van der Waals surface area contributed by atoms with Crippen LogP contribution < -0.4 is 4.90 Å². The van der Waals surface area contributed by atoms with E-state index in [9.17, 15) is 0 Å². The summed E-state index contributed by atoms with van der Waals surface area (Å²) in [6, 6.07) is 84.1. The van der Waals surface area contributed by atoms with Crippen LogP contribution in [0.3, 0.4) is 0 Å². The second-order valence-electron chi connectivity index (χ2n) is 17.5. The smallest absolute Gasteiger partial charge is 0.0720 e. The maximum absolute atomic E-state index is 2.49. The molecule has 1 nitrogen and oxygen atoms in total. The van der Waals surface area contributed by atoms with Gasteiger partial charge in [0.25, 0.3) is 0 Å². The van der Waals surface area contributed by atoms with Crippen molar-refractivity contribution < 1.29 is 0 Å². The van der Waals surface area contributed by atoms with Gasteiger partial charge in [-0.2, -0.15) is 0 Å². The lowest BCUT2D eigenvalue weighted by molar-refractivity contribution is 0.432. The Morgan fingerprint density at radius 2 is 0.794 bits per heavy atom. The Bertz CT molecular complexity index is 3150. The number of rotatable bonds is 5. The molecule has 0 aliphatic heterocycles. The van der Waals surface area contributed by atoms with Gasteiger partial charge in [-0.25, -0.2) is 0 Å². The van der Waals surface area contributed by atoms with E-state index in [0.29, 0.717) is 5.92 Å². The van der Waals surface area contributed by atoms with Crippen LogP contribution in [0.25, 0.3) is 33.4 Å². The van der Waals surface area contributed by atoms with Gasteiger partial charge in [-0.1, -0.05) is 218 Å². The Kier molecular flexibility index (Phi) is 7.93. The highest BCUT2D eigenvalue weighted by molar-refractivity contribution is 5.99. The summed E-state index contributed by atoms with van der Waals surface area (Å²) in [6.07, 6.45) is 9.47. The highest BCUT2D eigenvalue weighted by Crippen LogP contribution is 2.69. The molecule has 0 heterocycles.